The molecule has 3 unspecified atom stereocenters. The van der Waals surface area contributed by atoms with E-state index in [1.165, 1.54) is 4.90 Å². The summed E-state index contributed by atoms with van der Waals surface area (Å²) in [6.45, 7) is -1.13. The Morgan fingerprint density at radius 2 is 1.81 bits per heavy atom. The van der Waals surface area contributed by atoms with Gasteiger partial charge in [-0.25, -0.2) is 18.7 Å². The zero-order chi connectivity index (χ0) is 24.1. The van der Waals surface area contributed by atoms with Crippen molar-refractivity contribution in [1.82, 2.24) is 9.76 Å². The molecule has 3 rings (SSSR count). The van der Waals surface area contributed by atoms with E-state index in [2.05, 4.69) is 23.8 Å². The Kier molecular flexibility index (Phi) is 7.09. The van der Waals surface area contributed by atoms with E-state index in [0.29, 0.717) is 0 Å². The lowest BCUT2D eigenvalue weighted by Crippen LogP contribution is -2.49. The Labute approximate surface area is 178 Å². The molecule has 1 saturated heterocycles. The predicted octanol–water partition coefficient (Wildman–Crippen LogP) is -3.89. The first-order valence-corrected chi connectivity index (χ1v) is 13.1. The van der Waals surface area contributed by atoms with E-state index >= 15 is 0 Å². The van der Waals surface area contributed by atoms with Gasteiger partial charge in [0.25, 0.3) is 0 Å². The average Bonchev–Trinajstić information content (AvgIpc) is 3.12. The minimum absolute atomic E-state index is 0.0173. The zero-order valence-corrected chi connectivity index (χ0v) is 18.3. The van der Waals surface area contributed by atoms with E-state index in [9.17, 15) is 38.8 Å². The standard InChI is InChI=1S/C10H19N6O13P3/c11-10-13-7-4(8(19)14-10)12-2-16(7)9-6(18)5(17)3(28-9)1-27-32(25,26)29-31(23,24)15-30(20,21)22/h3,5-6,8-9,17-19H,1-2H2,(H2,11,14)(H,25,26)(H4,15,20,21,22,23,24)/t3-,5-,6-,8?,9-/m1/s1. The smallest absolute Gasteiger partial charge is 0.387 e. The molecule has 19 nitrogen and oxygen atoms in total. The van der Waals surface area contributed by atoms with Crippen LogP contribution < -0.4 is 10.6 Å². The van der Waals surface area contributed by atoms with Gasteiger partial charge in [-0.3, -0.25) is 9.52 Å². The van der Waals surface area contributed by atoms with Gasteiger partial charge < -0.3 is 50.3 Å². The quantitative estimate of drug-likeness (QED) is 0.137. The molecule has 0 aromatic rings. The van der Waals surface area contributed by atoms with Crippen LogP contribution in [0.5, 0.6) is 0 Å². The van der Waals surface area contributed by atoms with Crippen molar-refractivity contribution in [2.45, 2.75) is 30.8 Å². The summed E-state index contributed by atoms with van der Waals surface area (Å²) in [5, 5.41) is 30.4. The van der Waals surface area contributed by atoms with E-state index in [1.807, 2.05) is 0 Å². The number of nitrogens with two attached hydrogens (primary N) is 1. The number of guanidine groups is 1. The van der Waals surface area contributed by atoms with Crippen LogP contribution in [0.2, 0.25) is 0 Å². The number of aliphatic hydroxyl groups is 3. The number of nitrogens with one attached hydrogen (secondary N) is 1. The topological polar surface area (TPSA) is 299 Å². The van der Waals surface area contributed by atoms with E-state index in [0.717, 1.165) is 4.86 Å². The molecule has 3 heterocycles. The van der Waals surface area contributed by atoms with Gasteiger partial charge in [-0.15, -0.1) is 4.86 Å². The van der Waals surface area contributed by atoms with Crippen LogP contribution >= 0.6 is 23.3 Å². The molecule has 0 saturated carbocycles. The molecule has 0 spiro atoms. The number of fused-ring (bicyclic) bond motifs is 1. The molecule has 0 aromatic heterocycles. The molecular formula is C10H19N6O13P3. The van der Waals surface area contributed by atoms with Gasteiger partial charge in [0.2, 0.25) is 5.96 Å². The maximum atomic E-state index is 11.8. The number of ether oxygens (including phenoxy) is 1. The molecule has 32 heavy (non-hydrogen) atoms. The normalized spacial score (nSPS) is 34.3. The Morgan fingerprint density at radius 3 is 2.44 bits per heavy atom. The van der Waals surface area contributed by atoms with E-state index in [-0.39, 0.29) is 24.2 Å². The summed E-state index contributed by atoms with van der Waals surface area (Å²) in [7, 11) is -16.2. The summed E-state index contributed by atoms with van der Waals surface area (Å²) in [6, 6.07) is 0. The van der Waals surface area contributed by atoms with Crippen LogP contribution in [0.15, 0.2) is 15.0 Å². The van der Waals surface area contributed by atoms with Crippen molar-refractivity contribution in [3.8, 4) is 0 Å². The maximum Gasteiger partial charge on any atom is 0.480 e. The predicted molar refractivity (Wildman–Crippen MR) is 102 cm³/mol. The van der Waals surface area contributed by atoms with Gasteiger partial charge in [0, 0.05) is 0 Å². The first-order valence-electron chi connectivity index (χ1n) is 8.38. The molecule has 182 valence electrons. The molecule has 1 fully saturated rings. The minimum Gasteiger partial charge on any atom is -0.387 e. The van der Waals surface area contributed by atoms with Crippen molar-refractivity contribution >= 4 is 40.8 Å². The van der Waals surface area contributed by atoms with Gasteiger partial charge >= 0.3 is 23.3 Å². The third-order valence-corrected chi connectivity index (χ3v) is 8.37. The lowest BCUT2D eigenvalue weighted by atomic mass is 10.1. The first kappa shape index (κ1) is 25.5. The zero-order valence-electron chi connectivity index (χ0n) is 15.6. The third kappa shape index (κ3) is 5.85. The van der Waals surface area contributed by atoms with Crippen molar-refractivity contribution < 1.29 is 62.2 Å². The van der Waals surface area contributed by atoms with Gasteiger partial charge in [0.05, 0.1) is 6.61 Å². The van der Waals surface area contributed by atoms with Crippen molar-refractivity contribution in [3.63, 3.8) is 0 Å². The van der Waals surface area contributed by atoms with Crippen LogP contribution in [-0.4, -0.2) is 101 Å². The second kappa shape index (κ2) is 8.90. The molecule has 0 bridgehead atoms. The third-order valence-electron chi connectivity index (χ3n) is 4.13. The highest BCUT2D eigenvalue weighted by atomic mass is 31.3. The van der Waals surface area contributed by atoms with Crippen LogP contribution in [-0.2, 0) is 27.3 Å². The molecule has 7 atom stereocenters. The number of aliphatic hydroxyl groups excluding tert-OH is 3. The molecule has 10 N–H and O–H groups in total. The number of phosphoric acid groups is 1. The van der Waals surface area contributed by atoms with Gasteiger partial charge in [-0.1, -0.05) is 0 Å². The Balaban J connectivity index is 1.64. The highest BCUT2D eigenvalue weighted by molar-refractivity contribution is 7.70. The van der Waals surface area contributed by atoms with Gasteiger partial charge in [-0.05, 0) is 0 Å². The Bertz CT molecular complexity index is 997. The minimum atomic E-state index is -5.47. The molecular weight excluding hydrogens is 505 g/mol. The second-order valence-corrected chi connectivity index (χ2v) is 11.3. The van der Waals surface area contributed by atoms with Gasteiger partial charge in [0.15, 0.2) is 18.3 Å². The van der Waals surface area contributed by atoms with Crippen LogP contribution in [0.3, 0.4) is 0 Å². The molecule has 0 aliphatic carbocycles. The molecule has 3 aliphatic heterocycles. The van der Waals surface area contributed by atoms with Crippen LogP contribution in [0.1, 0.15) is 0 Å². The lowest BCUT2D eigenvalue weighted by Gasteiger charge is -2.28. The summed E-state index contributed by atoms with van der Waals surface area (Å²) in [6.07, 6.45) is -7.52. The number of aliphatic imine (C=N–C) groups is 3. The molecule has 0 amide bonds. The number of nitrogens with zero attached hydrogens (tertiary/aromatic N) is 4. The summed E-state index contributed by atoms with van der Waals surface area (Å²) < 4.78 is 47.7. The summed E-state index contributed by atoms with van der Waals surface area (Å²) in [4.78, 5) is 49.5. The van der Waals surface area contributed by atoms with E-state index in [4.69, 9.17) is 20.3 Å². The number of amidine groups is 1. The van der Waals surface area contributed by atoms with Crippen molar-refractivity contribution in [2.24, 2.45) is 20.7 Å². The number of hydrogen-bond acceptors (Lipinski definition) is 14. The van der Waals surface area contributed by atoms with Crippen molar-refractivity contribution in [3.05, 3.63) is 0 Å². The summed E-state index contributed by atoms with van der Waals surface area (Å²) >= 11 is 0. The number of hydrogen-bond donors (Lipinski definition) is 9. The number of phosphoric ester groups is 1. The molecule has 0 radical (unpaired) electrons. The van der Waals surface area contributed by atoms with Crippen LogP contribution in [0.4, 0.5) is 0 Å². The van der Waals surface area contributed by atoms with Gasteiger partial charge in [0.1, 0.15) is 30.7 Å². The maximum absolute atomic E-state index is 11.8. The monoisotopic (exact) mass is 524 g/mol. The highest BCUT2D eigenvalue weighted by Gasteiger charge is 2.50. The Hall–Kier alpha value is -1.14. The van der Waals surface area contributed by atoms with Gasteiger partial charge in [-0.2, -0.15) is 9.30 Å². The van der Waals surface area contributed by atoms with E-state index in [1.54, 1.807) is 0 Å². The largest absolute Gasteiger partial charge is 0.480 e. The number of rotatable bonds is 8. The van der Waals surface area contributed by atoms with Crippen LogP contribution in [0, 0.1) is 0 Å². The SMILES string of the molecule is NC1=NC(O)C2=NCN([C@@H]3O[C@H](COP(=O)(O)OP(=O)(O)NP(=O)(O)O)[C@@H](O)[C@H]3O)C2=N1. The molecule has 0 aromatic carbocycles. The molecule has 3 aliphatic rings. The van der Waals surface area contributed by atoms with E-state index < -0.39 is 60.7 Å². The van der Waals surface area contributed by atoms with Crippen LogP contribution in [0.25, 0.3) is 0 Å². The fourth-order valence-corrected chi connectivity index (χ4v) is 6.35. The summed E-state index contributed by atoms with van der Waals surface area (Å²) in [5.41, 5.74) is 5.53. The fourth-order valence-electron chi connectivity index (χ4n) is 2.92. The van der Waals surface area contributed by atoms with Crippen molar-refractivity contribution in [2.75, 3.05) is 13.3 Å². The average molecular weight is 524 g/mol. The fraction of sp³-hybridized carbons (Fsp3) is 0.700. The summed E-state index contributed by atoms with van der Waals surface area (Å²) in [5.74, 6) is -0.259. The van der Waals surface area contributed by atoms with Crippen molar-refractivity contribution in [1.29, 1.82) is 0 Å². The first-order chi connectivity index (χ1) is 14.6. The second-order valence-electron chi connectivity index (χ2n) is 6.51. The lowest BCUT2D eigenvalue weighted by molar-refractivity contribution is -0.0680. The Morgan fingerprint density at radius 1 is 1.16 bits per heavy atom. The molecule has 22 heteroatoms. The highest BCUT2D eigenvalue weighted by Crippen LogP contribution is 2.61.